The topological polar surface area (TPSA) is 30.0 Å². The molecule has 72 valence electrons. The highest BCUT2D eigenvalue weighted by atomic mass is 35.5. The van der Waals surface area contributed by atoms with Gasteiger partial charge in [0.1, 0.15) is 9.90 Å². The zero-order chi connectivity index (χ0) is 10.1. The molecule has 0 saturated carbocycles. The molecule has 0 spiro atoms. The zero-order valence-electron chi connectivity index (χ0n) is 6.66. The maximum absolute atomic E-state index is 11.8. The molecular formula is C8H3Cl2NOS2. The molecule has 0 radical (unpaired) electrons. The molecule has 2 nitrogen and oxygen atoms in total. The summed E-state index contributed by atoms with van der Waals surface area (Å²) in [6.45, 7) is 0. The van der Waals surface area contributed by atoms with Crippen LogP contribution in [0.4, 0.5) is 0 Å². The Morgan fingerprint density at radius 2 is 2.21 bits per heavy atom. The Morgan fingerprint density at radius 1 is 1.43 bits per heavy atom. The van der Waals surface area contributed by atoms with E-state index in [0.29, 0.717) is 10.4 Å². The molecule has 0 unspecified atom stereocenters. The van der Waals surface area contributed by atoms with Crippen molar-refractivity contribution in [3.8, 4) is 0 Å². The highest BCUT2D eigenvalue weighted by Crippen LogP contribution is 2.30. The minimum atomic E-state index is -0.124. The predicted octanol–water partition coefficient (Wildman–Crippen LogP) is 3.74. The largest absolute Gasteiger partial charge is 0.288 e. The number of ketones is 1. The zero-order valence-corrected chi connectivity index (χ0v) is 9.80. The van der Waals surface area contributed by atoms with Gasteiger partial charge in [0.05, 0.1) is 0 Å². The maximum atomic E-state index is 11.8. The van der Waals surface area contributed by atoms with Crippen LogP contribution >= 0.6 is 46.1 Å². The number of carbonyl (C=O) groups excluding carboxylic acids is 1. The smallest absolute Gasteiger partial charge is 0.206 e. The van der Waals surface area contributed by atoms with E-state index in [1.54, 1.807) is 11.4 Å². The summed E-state index contributed by atoms with van der Waals surface area (Å²) in [6, 6.07) is 1.75. The lowest BCUT2D eigenvalue weighted by Gasteiger charge is -1.92. The fourth-order valence-corrected chi connectivity index (χ4v) is 2.74. The Kier molecular flexibility index (Phi) is 2.88. The van der Waals surface area contributed by atoms with Gasteiger partial charge in [0, 0.05) is 10.9 Å². The van der Waals surface area contributed by atoms with Crippen molar-refractivity contribution >= 4 is 51.9 Å². The molecule has 0 aliphatic carbocycles. The van der Waals surface area contributed by atoms with Crippen LogP contribution in [0.3, 0.4) is 0 Å². The number of halogens is 2. The van der Waals surface area contributed by atoms with E-state index in [-0.39, 0.29) is 16.0 Å². The average molecular weight is 264 g/mol. The lowest BCUT2D eigenvalue weighted by Crippen LogP contribution is -1.96. The summed E-state index contributed by atoms with van der Waals surface area (Å²) in [4.78, 5) is 12.2. The second-order valence-electron chi connectivity index (χ2n) is 2.46. The molecule has 2 aromatic heterocycles. The lowest BCUT2D eigenvalue weighted by molar-refractivity contribution is 0.104. The number of hydrogen-bond acceptors (Lipinski definition) is 4. The minimum Gasteiger partial charge on any atom is -0.288 e. The van der Waals surface area contributed by atoms with Gasteiger partial charge >= 0.3 is 0 Å². The summed E-state index contributed by atoms with van der Waals surface area (Å²) < 4.78 is 3.80. The Balaban J connectivity index is 2.42. The van der Waals surface area contributed by atoms with Crippen LogP contribution in [0.1, 0.15) is 15.2 Å². The second kappa shape index (κ2) is 3.98. The van der Waals surface area contributed by atoms with Gasteiger partial charge in [-0.1, -0.05) is 23.2 Å². The molecule has 0 aliphatic rings. The van der Waals surface area contributed by atoms with Gasteiger partial charge in [0.15, 0.2) is 5.15 Å². The van der Waals surface area contributed by atoms with Crippen molar-refractivity contribution in [2.24, 2.45) is 0 Å². The quantitative estimate of drug-likeness (QED) is 0.773. The van der Waals surface area contributed by atoms with Crippen LogP contribution in [-0.4, -0.2) is 10.2 Å². The number of rotatable bonds is 2. The van der Waals surface area contributed by atoms with E-state index in [4.69, 9.17) is 23.2 Å². The van der Waals surface area contributed by atoms with Crippen molar-refractivity contribution < 1.29 is 4.79 Å². The summed E-state index contributed by atoms with van der Waals surface area (Å²) in [5, 5.41) is 4.04. The summed E-state index contributed by atoms with van der Waals surface area (Å²) in [6.07, 6.45) is 0. The summed E-state index contributed by atoms with van der Waals surface area (Å²) in [5.74, 6) is -0.124. The predicted molar refractivity (Wildman–Crippen MR) is 59.9 cm³/mol. The Bertz CT molecular complexity index is 464. The third kappa shape index (κ3) is 1.70. The summed E-state index contributed by atoms with van der Waals surface area (Å²) >= 11 is 14.0. The molecule has 0 aromatic carbocycles. The minimum absolute atomic E-state index is 0.124. The molecule has 0 amide bonds. The van der Waals surface area contributed by atoms with E-state index < -0.39 is 0 Å². The molecule has 0 aliphatic heterocycles. The fourth-order valence-electron chi connectivity index (χ4n) is 0.925. The van der Waals surface area contributed by atoms with Crippen LogP contribution in [0.2, 0.25) is 10.2 Å². The third-order valence-corrected chi connectivity index (χ3v) is 4.07. The molecule has 14 heavy (non-hydrogen) atoms. The lowest BCUT2D eigenvalue weighted by atomic mass is 10.2. The highest BCUT2D eigenvalue weighted by Gasteiger charge is 2.18. The molecule has 2 heterocycles. The first-order valence-corrected chi connectivity index (χ1v) is 6.05. The summed E-state index contributed by atoms with van der Waals surface area (Å²) in [5.41, 5.74) is 0.622. The Morgan fingerprint density at radius 3 is 2.71 bits per heavy atom. The van der Waals surface area contributed by atoms with Gasteiger partial charge in [-0.3, -0.25) is 4.79 Å². The van der Waals surface area contributed by atoms with Crippen molar-refractivity contribution in [3.63, 3.8) is 0 Å². The molecule has 0 atom stereocenters. The van der Waals surface area contributed by atoms with Crippen molar-refractivity contribution in [2.75, 3.05) is 0 Å². The van der Waals surface area contributed by atoms with E-state index in [1.165, 1.54) is 11.3 Å². The molecule has 0 N–H and O–H groups in total. The molecule has 0 fully saturated rings. The van der Waals surface area contributed by atoms with Crippen LogP contribution in [0.5, 0.6) is 0 Å². The van der Waals surface area contributed by atoms with Crippen LogP contribution in [0.15, 0.2) is 16.8 Å². The van der Waals surface area contributed by atoms with E-state index in [2.05, 4.69) is 4.37 Å². The maximum Gasteiger partial charge on any atom is 0.206 e. The normalized spacial score (nSPS) is 10.4. The Hall–Kier alpha value is -0.420. The fraction of sp³-hybridized carbons (Fsp3) is 0. The van der Waals surface area contributed by atoms with Crippen LogP contribution in [0.25, 0.3) is 0 Å². The van der Waals surface area contributed by atoms with Gasteiger partial charge in [-0.25, -0.2) is 0 Å². The number of nitrogens with zero attached hydrogens (tertiary/aromatic N) is 1. The average Bonchev–Trinajstić information content (AvgIpc) is 2.77. The van der Waals surface area contributed by atoms with Gasteiger partial charge in [-0.2, -0.15) is 15.7 Å². The number of thiophene rings is 1. The van der Waals surface area contributed by atoms with Crippen LogP contribution in [0, 0.1) is 0 Å². The second-order valence-corrected chi connectivity index (χ2v) is 4.75. The Labute approximate surface area is 98.3 Å². The van der Waals surface area contributed by atoms with Gasteiger partial charge in [0.25, 0.3) is 0 Å². The first kappa shape index (κ1) is 10.1. The van der Waals surface area contributed by atoms with E-state index >= 15 is 0 Å². The molecule has 0 bridgehead atoms. The van der Waals surface area contributed by atoms with Crippen LogP contribution in [-0.2, 0) is 0 Å². The number of hydrogen-bond donors (Lipinski definition) is 0. The van der Waals surface area contributed by atoms with E-state index in [1.807, 2.05) is 5.38 Å². The monoisotopic (exact) mass is 263 g/mol. The summed E-state index contributed by atoms with van der Waals surface area (Å²) in [7, 11) is 0. The van der Waals surface area contributed by atoms with Gasteiger partial charge in [0.2, 0.25) is 5.78 Å². The molecule has 2 rings (SSSR count). The van der Waals surface area contributed by atoms with Gasteiger partial charge in [-0.05, 0) is 23.0 Å². The van der Waals surface area contributed by atoms with Crippen molar-refractivity contribution in [1.82, 2.24) is 4.37 Å². The molecule has 6 heteroatoms. The SMILES string of the molecule is O=C(c1ccsc1)c1snc(Cl)c1Cl. The van der Waals surface area contributed by atoms with Gasteiger partial charge in [-0.15, -0.1) is 0 Å². The molecule has 0 saturated heterocycles. The van der Waals surface area contributed by atoms with E-state index in [0.717, 1.165) is 11.5 Å². The number of carbonyl (C=O) groups is 1. The first-order chi connectivity index (χ1) is 6.70. The number of aromatic nitrogens is 1. The van der Waals surface area contributed by atoms with Crippen molar-refractivity contribution in [1.29, 1.82) is 0 Å². The van der Waals surface area contributed by atoms with Crippen LogP contribution < -0.4 is 0 Å². The highest BCUT2D eigenvalue weighted by molar-refractivity contribution is 7.10. The van der Waals surface area contributed by atoms with Gasteiger partial charge < -0.3 is 0 Å². The van der Waals surface area contributed by atoms with E-state index in [9.17, 15) is 4.79 Å². The standard InChI is InChI=1S/C8H3Cl2NOS2/c9-5-7(14-11-8(5)10)6(12)4-1-2-13-3-4/h1-3H. The molecule has 2 aromatic rings. The first-order valence-electron chi connectivity index (χ1n) is 3.57. The molecular weight excluding hydrogens is 261 g/mol. The third-order valence-electron chi connectivity index (χ3n) is 1.59. The van der Waals surface area contributed by atoms with Crippen molar-refractivity contribution in [3.05, 3.63) is 37.4 Å². The van der Waals surface area contributed by atoms with Crippen molar-refractivity contribution in [2.45, 2.75) is 0 Å².